The molecule has 0 aliphatic rings. The summed E-state index contributed by atoms with van der Waals surface area (Å²) in [6.45, 7) is 9.07. The van der Waals surface area contributed by atoms with Crippen LogP contribution in [0.1, 0.15) is 47.0 Å². The van der Waals surface area contributed by atoms with Gasteiger partial charge in [-0.05, 0) is 27.2 Å². The standard InChI is InChI=1S/C15H28O6/c1-5-7-8-19-12(3)10-20-13(4)11-21-15(17)9-14(16)18-6-2/h12-13H,5-11H2,1-4H3. The Labute approximate surface area is 127 Å². The number of unbranched alkanes of at least 4 members (excludes halogenated alkanes) is 1. The molecule has 0 aliphatic heterocycles. The van der Waals surface area contributed by atoms with E-state index in [4.69, 9.17) is 14.2 Å². The molecular formula is C15H28O6. The Balaban J connectivity index is 3.67. The molecule has 6 heteroatoms. The van der Waals surface area contributed by atoms with Crippen LogP contribution in [-0.4, -0.2) is 50.6 Å². The van der Waals surface area contributed by atoms with Gasteiger partial charge in [0, 0.05) is 6.61 Å². The molecule has 2 unspecified atom stereocenters. The number of carbonyl (C=O) groups excluding carboxylic acids is 2. The van der Waals surface area contributed by atoms with Gasteiger partial charge in [-0.3, -0.25) is 9.59 Å². The lowest BCUT2D eigenvalue weighted by Crippen LogP contribution is -2.25. The van der Waals surface area contributed by atoms with E-state index >= 15 is 0 Å². The Hall–Kier alpha value is -1.14. The molecular weight excluding hydrogens is 276 g/mol. The normalized spacial score (nSPS) is 13.5. The average Bonchev–Trinajstić information content (AvgIpc) is 2.43. The van der Waals surface area contributed by atoms with Crippen molar-refractivity contribution in [3.05, 3.63) is 0 Å². The Morgan fingerprint density at radius 1 is 0.905 bits per heavy atom. The molecule has 0 bridgehead atoms. The van der Waals surface area contributed by atoms with Crippen molar-refractivity contribution in [2.24, 2.45) is 0 Å². The maximum Gasteiger partial charge on any atom is 0.317 e. The molecule has 0 aromatic rings. The van der Waals surface area contributed by atoms with Gasteiger partial charge in [-0.1, -0.05) is 13.3 Å². The molecule has 0 fully saturated rings. The van der Waals surface area contributed by atoms with E-state index in [1.54, 1.807) is 13.8 Å². The Morgan fingerprint density at radius 3 is 2.14 bits per heavy atom. The van der Waals surface area contributed by atoms with E-state index in [1.165, 1.54) is 0 Å². The first kappa shape index (κ1) is 19.9. The lowest BCUT2D eigenvalue weighted by atomic mass is 10.3. The molecule has 0 N–H and O–H groups in total. The molecule has 21 heavy (non-hydrogen) atoms. The molecule has 124 valence electrons. The van der Waals surface area contributed by atoms with Crippen molar-refractivity contribution in [3.8, 4) is 0 Å². The second-order valence-corrected chi connectivity index (χ2v) is 4.84. The summed E-state index contributed by atoms with van der Waals surface area (Å²) in [5, 5.41) is 0. The molecule has 6 nitrogen and oxygen atoms in total. The van der Waals surface area contributed by atoms with Gasteiger partial charge in [-0.2, -0.15) is 0 Å². The lowest BCUT2D eigenvalue weighted by molar-refractivity contribution is -0.156. The van der Waals surface area contributed by atoms with Crippen LogP contribution in [0.15, 0.2) is 0 Å². The SMILES string of the molecule is CCCCOC(C)COC(C)COC(=O)CC(=O)OCC. The number of esters is 2. The third-order valence-electron chi connectivity index (χ3n) is 2.59. The van der Waals surface area contributed by atoms with Gasteiger partial charge in [0.15, 0.2) is 0 Å². The third kappa shape index (κ3) is 12.3. The number of hydrogen-bond donors (Lipinski definition) is 0. The van der Waals surface area contributed by atoms with Gasteiger partial charge in [0.1, 0.15) is 13.0 Å². The minimum absolute atomic E-state index is 0.00855. The van der Waals surface area contributed by atoms with Gasteiger partial charge >= 0.3 is 11.9 Å². The summed E-state index contributed by atoms with van der Waals surface area (Å²) in [6, 6.07) is 0. The maximum absolute atomic E-state index is 11.3. The van der Waals surface area contributed by atoms with Crippen molar-refractivity contribution < 1.29 is 28.5 Å². The highest BCUT2D eigenvalue weighted by Gasteiger charge is 2.14. The van der Waals surface area contributed by atoms with Crippen LogP contribution in [0.5, 0.6) is 0 Å². The zero-order valence-corrected chi connectivity index (χ0v) is 13.6. The Morgan fingerprint density at radius 2 is 1.52 bits per heavy atom. The summed E-state index contributed by atoms with van der Waals surface area (Å²) >= 11 is 0. The van der Waals surface area contributed by atoms with Crippen molar-refractivity contribution in [2.75, 3.05) is 26.4 Å². The number of carbonyl (C=O) groups is 2. The first-order chi connectivity index (χ1) is 9.99. The first-order valence-corrected chi connectivity index (χ1v) is 7.54. The first-order valence-electron chi connectivity index (χ1n) is 7.54. The molecule has 0 aromatic carbocycles. The molecule has 0 amide bonds. The van der Waals surface area contributed by atoms with Gasteiger partial charge < -0.3 is 18.9 Å². The molecule has 2 atom stereocenters. The van der Waals surface area contributed by atoms with Crippen LogP contribution < -0.4 is 0 Å². The largest absolute Gasteiger partial charge is 0.466 e. The average molecular weight is 304 g/mol. The minimum Gasteiger partial charge on any atom is -0.466 e. The predicted octanol–water partition coefficient (Wildman–Crippen LogP) is 2.09. The summed E-state index contributed by atoms with van der Waals surface area (Å²) in [4.78, 5) is 22.4. The molecule has 0 aromatic heterocycles. The zero-order chi connectivity index (χ0) is 16.1. The monoisotopic (exact) mass is 304 g/mol. The van der Waals surface area contributed by atoms with E-state index in [-0.39, 0.29) is 31.8 Å². The molecule has 0 spiro atoms. The molecule has 0 radical (unpaired) electrons. The van der Waals surface area contributed by atoms with Crippen LogP contribution in [0, 0.1) is 0 Å². The summed E-state index contributed by atoms with van der Waals surface area (Å²) in [7, 11) is 0. The smallest absolute Gasteiger partial charge is 0.317 e. The quantitative estimate of drug-likeness (QED) is 0.312. The van der Waals surface area contributed by atoms with Crippen LogP contribution in [0.2, 0.25) is 0 Å². The van der Waals surface area contributed by atoms with Crippen molar-refractivity contribution in [1.82, 2.24) is 0 Å². The predicted molar refractivity (Wildman–Crippen MR) is 77.9 cm³/mol. The van der Waals surface area contributed by atoms with E-state index in [0.29, 0.717) is 6.61 Å². The van der Waals surface area contributed by atoms with E-state index < -0.39 is 11.9 Å². The fourth-order valence-corrected chi connectivity index (χ4v) is 1.42. The fraction of sp³-hybridized carbons (Fsp3) is 0.867. The van der Waals surface area contributed by atoms with Gasteiger partial charge in [-0.25, -0.2) is 0 Å². The molecule has 0 aliphatic carbocycles. The molecule has 0 heterocycles. The van der Waals surface area contributed by atoms with E-state index in [9.17, 15) is 9.59 Å². The van der Waals surface area contributed by atoms with E-state index in [1.807, 2.05) is 6.92 Å². The summed E-state index contributed by atoms with van der Waals surface area (Å²) in [5.74, 6) is -1.18. The third-order valence-corrected chi connectivity index (χ3v) is 2.59. The van der Waals surface area contributed by atoms with Crippen molar-refractivity contribution >= 4 is 11.9 Å². The number of ether oxygens (including phenoxy) is 4. The number of hydrogen-bond acceptors (Lipinski definition) is 6. The van der Waals surface area contributed by atoms with Crippen molar-refractivity contribution in [3.63, 3.8) is 0 Å². The highest BCUT2D eigenvalue weighted by molar-refractivity contribution is 5.91. The molecule has 0 saturated carbocycles. The van der Waals surface area contributed by atoms with Crippen LogP contribution in [0.3, 0.4) is 0 Å². The second kappa shape index (κ2) is 12.6. The fourth-order valence-electron chi connectivity index (χ4n) is 1.42. The summed E-state index contributed by atoms with van der Waals surface area (Å²) in [6.07, 6.45) is 1.53. The summed E-state index contributed by atoms with van der Waals surface area (Å²) in [5.41, 5.74) is 0. The van der Waals surface area contributed by atoms with Crippen molar-refractivity contribution in [2.45, 2.75) is 59.2 Å². The zero-order valence-electron chi connectivity index (χ0n) is 13.6. The van der Waals surface area contributed by atoms with Crippen LogP contribution in [0.25, 0.3) is 0 Å². The topological polar surface area (TPSA) is 71.1 Å². The maximum atomic E-state index is 11.3. The number of rotatable bonds is 12. The van der Waals surface area contributed by atoms with Crippen LogP contribution in [0.4, 0.5) is 0 Å². The van der Waals surface area contributed by atoms with Crippen LogP contribution in [-0.2, 0) is 28.5 Å². The molecule has 0 saturated heterocycles. The van der Waals surface area contributed by atoms with E-state index in [0.717, 1.165) is 19.4 Å². The second-order valence-electron chi connectivity index (χ2n) is 4.84. The van der Waals surface area contributed by atoms with Gasteiger partial charge in [0.25, 0.3) is 0 Å². The van der Waals surface area contributed by atoms with E-state index in [2.05, 4.69) is 11.7 Å². The minimum atomic E-state index is -0.601. The lowest BCUT2D eigenvalue weighted by Gasteiger charge is -2.17. The Kier molecular flexibility index (Phi) is 11.9. The van der Waals surface area contributed by atoms with Gasteiger partial charge in [0.2, 0.25) is 0 Å². The highest BCUT2D eigenvalue weighted by Crippen LogP contribution is 2.00. The molecule has 0 rings (SSSR count). The van der Waals surface area contributed by atoms with Crippen molar-refractivity contribution in [1.29, 1.82) is 0 Å². The van der Waals surface area contributed by atoms with Gasteiger partial charge in [-0.15, -0.1) is 0 Å². The van der Waals surface area contributed by atoms with Crippen LogP contribution >= 0.6 is 0 Å². The van der Waals surface area contributed by atoms with Gasteiger partial charge in [0.05, 0.1) is 25.4 Å². The summed E-state index contributed by atoms with van der Waals surface area (Å²) < 4.78 is 20.7. The Bertz CT molecular complexity index is 292. The highest BCUT2D eigenvalue weighted by atomic mass is 16.6.